The second-order valence-corrected chi connectivity index (χ2v) is 8.56. The Labute approximate surface area is 185 Å². The zero-order valence-electron chi connectivity index (χ0n) is 16.9. The highest BCUT2D eigenvalue weighted by molar-refractivity contribution is 14.0. The Hall–Kier alpha value is -1.62. The van der Waals surface area contributed by atoms with Crippen molar-refractivity contribution in [3.05, 3.63) is 47.3 Å². The second-order valence-electron chi connectivity index (χ2n) is 6.54. The predicted octanol–water partition coefficient (Wildman–Crippen LogP) is 2.67. The van der Waals surface area contributed by atoms with Gasteiger partial charge in [0.15, 0.2) is 15.8 Å². The molecule has 0 aliphatic carbocycles. The van der Waals surface area contributed by atoms with Crippen LogP contribution in [0.5, 0.6) is 0 Å². The zero-order valence-corrected chi connectivity index (χ0v) is 20.0. The third-order valence-corrected chi connectivity index (χ3v) is 5.19. The van der Waals surface area contributed by atoms with E-state index in [-0.39, 0.29) is 24.0 Å². The molecule has 0 radical (unpaired) electrons. The van der Waals surface area contributed by atoms with E-state index in [4.69, 9.17) is 0 Å². The van der Waals surface area contributed by atoms with E-state index in [0.29, 0.717) is 11.4 Å². The molecule has 1 aromatic carbocycles. The lowest BCUT2D eigenvalue weighted by Gasteiger charge is -2.12. The van der Waals surface area contributed by atoms with Gasteiger partial charge in [-0.15, -0.1) is 24.0 Å². The lowest BCUT2D eigenvalue weighted by molar-refractivity contribution is 0.555. The largest absolute Gasteiger partial charge is 0.357 e. The lowest BCUT2D eigenvalue weighted by atomic mass is 10.2. The van der Waals surface area contributed by atoms with Crippen LogP contribution in [0.15, 0.2) is 40.2 Å². The number of sulfone groups is 1. The van der Waals surface area contributed by atoms with Gasteiger partial charge in [-0.25, -0.2) is 13.4 Å². The molecule has 2 aromatic rings. The first kappa shape index (κ1) is 24.4. The van der Waals surface area contributed by atoms with Crippen LogP contribution in [-0.2, 0) is 22.9 Å². The monoisotopic (exact) mass is 519 g/mol. The van der Waals surface area contributed by atoms with Gasteiger partial charge in [-0.2, -0.15) is 5.10 Å². The van der Waals surface area contributed by atoms with Gasteiger partial charge >= 0.3 is 0 Å². The third kappa shape index (κ3) is 7.78. The summed E-state index contributed by atoms with van der Waals surface area (Å²) in [6.07, 6.45) is 2.15. The number of hydrogen-bond donors (Lipinski definition) is 2. The normalized spacial score (nSPS) is 11.8. The van der Waals surface area contributed by atoms with Crippen molar-refractivity contribution in [2.75, 3.05) is 19.3 Å². The van der Waals surface area contributed by atoms with Crippen molar-refractivity contribution in [2.45, 2.75) is 45.2 Å². The first-order chi connectivity index (χ1) is 12.8. The smallest absolute Gasteiger partial charge is 0.191 e. The van der Waals surface area contributed by atoms with Gasteiger partial charge < -0.3 is 10.6 Å². The fourth-order valence-electron chi connectivity index (χ4n) is 2.69. The molecular weight excluding hydrogens is 489 g/mol. The summed E-state index contributed by atoms with van der Waals surface area (Å²) in [5.41, 5.74) is 3.17. The zero-order chi connectivity index (χ0) is 19.9. The maximum absolute atomic E-state index is 11.5. The second kappa shape index (κ2) is 11.4. The van der Waals surface area contributed by atoms with Gasteiger partial charge in [0.05, 0.1) is 17.1 Å². The summed E-state index contributed by atoms with van der Waals surface area (Å²) in [6.45, 7) is 8.99. The number of halogens is 1. The van der Waals surface area contributed by atoms with Gasteiger partial charge in [0.2, 0.25) is 0 Å². The SMILES string of the molecule is CCNC(=NCc1ccc(S(C)(=O)=O)cc1)NCCCn1nc(C)cc1C.I. The van der Waals surface area contributed by atoms with E-state index in [0.717, 1.165) is 43.3 Å². The minimum atomic E-state index is -3.17. The van der Waals surface area contributed by atoms with Crippen LogP contribution in [-0.4, -0.2) is 43.5 Å². The Morgan fingerprint density at radius 2 is 1.86 bits per heavy atom. The van der Waals surface area contributed by atoms with E-state index < -0.39 is 9.84 Å². The minimum absolute atomic E-state index is 0. The van der Waals surface area contributed by atoms with Crippen LogP contribution in [0, 0.1) is 13.8 Å². The number of rotatable bonds is 8. The maximum atomic E-state index is 11.5. The van der Waals surface area contributed by atoms with Crippen molar-refractivity contribution in [3.63, 3.8) is 0 Å². The van der Waals surface area contributed by atoms with Gasteiger partial charge in [0.1, 0.15) is 0 Å². The molecule has 9 heteroatoms. The highest BCUT2D eigenvalue weighted by Crippen LogP contribution is 2.11. The molecular formula is C19H30IN5O2S. The maximum Gasteiger partial charge on any atom is 0.191 e. The molecule has 0 fully saturated rings. The fourth-order valence-corrected chi connectivity index (χ4v) is 3.32. The first-order valence-corrected chi connectivity index (χ1v) is 11.0. The summed E-state index contributed by atoms with van der Waals surface area (Å²) < 4.78 is 25.0. The molecule has 0 aliphatic rings. The Bertz CT molecular complexity index is 876. The fraction of sp³-hybridized carbons (Fsp3) is 0.474. The number of nitrogens with zero attached hydrogens (tertiary/aromatic N) is 3. The number of aryl methyl sites for hydroxylation is 3. The molecule has 0 aliphatic heterocycles. The Morgan fingerprint density at radius 3 is 2.39 bits per heavy atom. The predicted molar refractivity (Wildman–Crippen MR) is 124 cm³/mol. The lowest BCUT2D eigenvalue weighted by Crippen LogP contribution is -2.38. The molecule has 0 unspecified atom stereocenters. The molecule has 7 nitrogen and oxygen atoms in total. The molecule has 1 aromatic heterocycles. The molecule has 0 atom stereocenters. The van der Waals surface area contributed by atoms with Gasteiger partial charge in [-0.05, 0) is 51.0 Å². The highest BCUT2D eigenvalue weighted by Gasteiger charge is 2.06. The number of hydrogen-bond acceptors (Lipinski definition) is 4. The molecule has 0 saturated heterocycles. The summed E-state index contributed by atoms with van der Waals surface area (Å²) in [5, 5.41) is 11.0. The van der Waals surface area contributed by atoms with Gasteiger partial charge in [0, 0.05) is 31.6 Å². The Morgan fingerprint density at radius 1 is 1.18 bits per heavy atom. The van der Waals surface area contributed by atoms with E-state index in [1.807, 2.05) is 18.5 Å². The Kier molecular flexibility index (Phi) is 9.94. The van der Waals surface area contributed by atoms with E-state index in [9.17, 15) is 8.42 Å². The van der Waals surface area contributed by atoms with Crippen molar-refractivity contribution in [2.24, 2.45) is 4.99 Å². The van der Waals surface area contributed by atoms with Crippen LogP contribution in [0.4, 0.5) is 0 Å². The van der Waals surface area contributed by atoms with E-state index in [2.05, 4.69) is 33.7 Å². The molecule has 2 N–H and O–H groups in total. The third-order valence-electron chi connectivity index (χ3n) is 4.06. The van der Waals surface area contributed by atoms with Crippen LogP contribution in [0.25, 0.3) is 0 Å². The molecule has 2 rings (SSSR count). The van der Waals surface area contributed by atoms with Gasteiger partial charge in [-0.3, -0.25) is 4.68 Å². The van der Waals surface area contributed by atoms with Crippen LogP contribution in [0.2, 0.25) is 0 Å². The van der Waals surface area contributed by atoms with Crippen molar-refractivity contribution < 1.29 is 8.42 Å². The van der Waals surface area contributed by atoms with E-state index >= 15 is 0 Å². The molecule has 0 amide bonds. The molecule has 0 bridgehead atoms. The number of guanidine groups is 1. The summed E-state index contributed by atoms with van der Waals surface area (Å²) in [6, 6.07) is 8.91. The van der Waals surface area contributed by atoms with Crippen LogP contribution >= 0.6 is 24.0 Å². The number of benzene rings is 1. The summed E-state index contributed by atoms with van der Waals surface area (Å²) in [5.74, 6) is 0.748. The standard InChI is InChI=1S/C19H29N5O2S.HI/c1-5-20-19(21-11-6-12-24-16(3)13-15(2)23-24)22-14-17-7-9-18(10-8-17)27(4,25)26;/h7-10,13H,5-6,11-12,14H2,1-4H3,(H2,20,21,22);1H. The minimum Gasteiger partial charge on any atom is -0.357 e. The van der Waals surface area contributed by atoms with Crippen molar-refractivity contribution in [1.82, 2.24) is 20.4 Å². The van der Waals surface area contributed by atoms with Crippen molar-refractivity contribution >= 4 is 39.8 Å². The molecule has 0 spiro atoms. The molecule has 1 heterocycles. The summed E-state index contributed by atoms with van der Waals surface area (Å²) in [4.78, 5) is 4.89. The quantitative estimate of drug-likeness (QED) is 0.242. The summed E-state index contributed by atoms with van der Waals surface area (Å²) >= 11 is 0. The summed E-state index contributed by atoms with van der Waals surface area (Å²) in [7, 11) is -3.17. The first-order valence-electron chi connectivity index (χ1n) is 9.12. The van der Waals surface area contributed by atoms with E-state index in [1.165, 1.54) is 11.9 Å². The molecule has 0 saturated carbocycles. The van der Waals surface area contributed by atoms with E-state index in [1.54, 1.807) is 24.3 Å². The van der Waals surface area contributed by atoms with Crippen LogP contribution in [0.3, 0.4) is 0 Å². The molecule has 28 heavy (non-hydrogen) atoms. The van der Waals surface area contributed by atoms with Gasteiger partial charge in [0.25, 0.3) is 0 Å². The number of nitrogens with one attached hydrogen (secondary N) is 2. The van der Waals surface area contributed by atoms with Crippen molar-refractivity contribution in [3.8, 4) is 0 Å². The van der Waals surface area contributed by atoms with Crippen LogP contribution in [0.1, 0.15) is 30.3 Å². The number of aliphatic imine (C=N–C) groups is 1. The number of aromatic nitrogens is 2. The highest BCUT2D eigenvalue weighted by atomic mass is 127. The molecule has 156 valence electrons. The Balaban J connectivity index is 0.00000392. The topological polar surface area (TPSA) is 88.4 Å². The van der Waals surface area contributed by atoms with Gasteiger partial charge in [-0.1, -0.05) is 12.1 Å². The average molecular weight is 519 g/mol. The average Bonchev–Trinajstić information content (AvgIpc) is 2.93. The van der Waals surface area contributed by atoms with Crippen LogP contribution < -0.4 is 10.6 Å². The van der Waals surface area contributed by atoms with Crippen molar-refractivity contribution in [1.29, 1.82) is 0 Å².